The third-order valence-electron chi connectivity index (χ3n) is 3.79. The molecule has 1 atom stereocenters. The highest BCUT2D eigenvalue weighted by Gasteiger charge is 2.30. The molecule has 0 fully saturated rings. The number of aliphatic hydroxyl groups excluding tert-OH is 1. The van der Waals surface area contributed by atoms with Crippen molar-refractivity contribution in [3.63, 3.8) is 0 Å². The van der Waals surface area contributed by atoms with E-state index in [1.807, 2.05) is 13.8 Å². The molecule has 0 aliphatic rings. The third-order valence-corrected chi connectivity index (χ3v) is 3.79. The van der Waals surface area contributed by atoms with E-state index < -0.39 is 23.4 Å². The average molecular weight is 452 g/mol. The number of ether oxygens (including phenoxy) is 2. The van der Waals surface area contributed by atoms with E-state index in [2.05, 4.69) is 20.9 Å². The number of hydrazine groups is 1. The van der Waals surface area contributed by atoms with Gasteiger partial charge in [0.1, 0.15) is 25.1 Å². The van der Waals surface area contributed by atoms with Crippen LogP contribution in [0.25, 0.3) is 0 Å². The second-order valence-corrected chi connectivity index (χ2v) is 6.95. The number of nitrogen functional groups attached to an aromatic ring is 1. The molecule has 168 valence electrons. The maximum atomic E-state index is 12.7. The predicted octanol–water partition coefficient (Wildman–Crippen LogP) is 2.39. The zero-order chi connectivity index (χ0) is 21.5. The number of aromatic nitrogens is 2. The van der Waals surface area contributed by atoms with Crippen LogP contribution < -0.4 is 26.1 Å². The lowest BCUT2D eigenvalue weighted by Crippen LogP contribution is -2.48. The summed E-state index contributed by atoms with van der Waals surface area (Å²) in [6.45, 7) is 3.94. The number of halogens is 4. The van der Waals surface area contributed by atoms with Gasteiger partial charge >= 0.3 is 6.18 Å². The standard InChI is InChI=1S/C18H24F3N5O3.ClH/c1-17(2,11-29-16-7-6-15(24-22)25-26-16)23-9-13(27)10-28-14-5-3-4-12(8-14)18(19,20)21;/h3-8,13,23,27H,9-11,22H2,1-2H3,(H,24,25);1H. The van der Waals surface area contributed by atoms with Crippen LogP contribution in [-0.4, -0.2) is 46.7 Å². The van der Waals surface area contributed by atoms with Gasteiger partial charge in [0.2, 0.25) is 5.88 Å². The summed E-state index contributed by atoms with van der Waals surface area (Å²) in [5, 5.41) is 20.8. The molecule has 0 spiro atoms. The Bertz CT molecular complexity index is 778. The number of alkyl halides is 3. The zero-order valence-corrected chi connectivity index (χ0v) is 17.3. The largest absolute Gasteiger partial charge is 0.491 e. The number of nitrogens with two attached hydrogens (primary N) is 1. The molecule has 1 aromatic heterocycles. The Labute approximate surface area is 178 Å². The minimum atomic E-state index is -4.45. The maximum absolute atomic E-state index is 12.7. The van der Waals surface area contributed by atoms with Gasteiger partial charge in [-0.2, -0.15) is 13.2 Å². The Balaban J connectivity index is 0.00000450. The van der Waals surface area contributed by atoms with Crippen molar-refractivity contribution in [2.24, 2.45) is 5.84 Å². The number of β-amino-alcohol motifs (C(OH)–C–C–N with tert-alkyl or cyclic N) is 1. The van der Waals surface area contributed by atoms with Gasteiger partial charge in [-0.05, 0) is 38.1 Å². The van der Waals surface area contributed by atoms with Crippen LogP contribution in [0.4, 0.5) is 19.0 Å². The molecule has 0 aliphatic heterocycles. The van der Waals surface area contributed by atoms with Gasteiger partial charge in [-0.25, -0.2) is 5.84 Å². The molecule has 1 unspecified atom stereocenters. The average Bonchev–Trinajstić information content (AvgIpc) is 2.69. The highest BCUT2D eigenvalue weighted by molar-refractivity contribution is 5.85. The molecule has 2 aromatic rings. The normalized spacial score (nSPS) is 12.6. The van der Waals surface area contributed by atoms with E-state index in [1.165, 1.54) is 12.1 Å². The topological polar surface area (TPSA) is 115 Å². The minimum absolute atomic E-state index is 0. The van der Waals surface area contributed by atoms with E-state index in [9.17, 15) is 18.3 Å². The van der Waals surface area contributed by atoms with Crippen molar-refractivity contribution in [2.75, 3.05) is 25.2 Å². The molecular weight excluding hydrogens is 427 g/mol. The second-order valence-electron chi connectivity index (χ2n) is 6.95. The smallest absolute Gasteiger partial charge is 0.416 e. The fraction of sp³-hybridized carbons (Fsp3) is 0.444. The van der Waals surface area contributed by atoms with Crippen LogP contribution >= 0.6 is 12.4 Å². The minimum Gasteiger partial charge on any atom is -0.491 e. The van der Waals surface area contributed by atoms with Crippen LogP contribution in [0.1, 0.15) is 19.4 Å². The van der Waals surface area contributed by atoms with Crippen molar-refractivity contribution in [3.8, 4) is 11.6 Å². The van der Waals surface area contributed by atoms with Crippen molar-refractivity contribution in [1.82, 2.24) is 15.5 Å². The molecule has 8 nitrogen and oxygen atoms in total. The lowest BCUT2D eigenvalue weighted by atomic mass is 10.1. The molecule has 12 heteroatoms. The number of hydrogen-bond acceptors (Lipinski definition) is 8. The monoisotopic (exact) mass is 451 g/mol. The molecule has 0 bridgehead atoms. The van der Waals surface area contributed by atoms with Crippen molar-refractivity contribution in [2.45, 2.75) is 31.7 Å². The Kier molecular flexibility index (Phi) is 9.56. The summed E-state index contributed by atoms with van der Waals surface area (Å²) < 4.78 is 48.9. The molecule has 1 heterocycles. The number of hydrogen-bond donors (Lipinski definition) is 4. The van der Waals surface area contributed by atoms with Crippen LogP contribution in [0, 0.1) is 0 Å². The highest BCUT2D eigenvalue weighted by Crippen LogP contribution is 2.31. The van der Waals surface area contributed by atoms with Gasteiger partial charge in [0.15, 0.2) is 5.82 Å². The summed E-state index contributed by atoms with van der Waals surface area (Å²) in [6, 6.07) is 7.72. The first-order chi connectivity index (χ1) is 13.6. The number of anilines is 1. The molecule has 0 saturated heterocycles. The Morgan fingerprint density at radius 3 is 2.47 bits per heavy atom. The number of nitrogens with zero attached hydrogens (tertiary/aromatic N) is 2. The molecule has 0 saturated carbocycles. The Morgan fingerprint density at radius 1 is 1.13 bits per heavy atom. The molecule has 0 aliphatic carbocycles. The van der Waals surface area contributed by atoms with Crippen molar-refractivity contribution in [1.29, 1.82) is 0 Å². The molecular formula is C18H25ClF3N5O3. The van der Waals surface area contributed by atoms with Crippen LogP contribution in [0.15, 0.2) is 36.4 Å². The van der Waals surface area contributed by atoms with Crippen LogP contribution in [0.2, 0.25) is 0 Å². The third kappa shape index (κ3) is 8.57. The molecule has 5 N–H and O–H groups in total. The molecule has 1 aromatic carbocycles. The summed E-state index contributed by atoms with van der Waals surface area (Å²) >= 11 is 0. The van der Waals surface area contributed by atoms with Gasteiger partial charge in [0.25, 0.3) is 0 Å². The van der Waals surface area contributed by atoms with E-state index in [0.717, 1.165) is 12.1 Å². The molecule has 0 radical (unpaired) electrons. The van der Waals surface area contributed by atoms with E-state index in [1.54, 1.807) is 12.1 Å². The molecule has 0 amide bonds. The van der Waals surface area contributed by atoms with E-state index in [0.29, 0.717) is 11.7 Å². The lowest BCUT2D eigenvalue weighted by Gasteiger charge is -2.27. The molecule has 30 heavy (non-hydrogen) atoms. The fourth-order valence-corrected chi connectivity index (χ4v) is 2.19. The van der Waals surface area contributed by atoms with Crippen LogP contribution in [0.3, 0.4) is 0 Å². The van der Waals surface area contributed by atoms with E-state index in [-0.39, 0.29) is 37.9 Å². The lowest BCUT2D eigenvalue weighted by molar-refractivity contribution is -0.137. The van der Waals surface area contributed by atoms with Gasteiger partial charge < -0.3 is 25.3 Å². The van der Waals surface area contributed by atoms with Gasteiger partial charge in [-0.1, -0.05) is 6.07 Å². The summed E-state index contributed by atoms with van der Waals surface area (Å²) in [4.78, 5) is 0. The predicted molar refractivity (Wildman–Crippen MR) is 108 cm³/mol. The SMILES string of the molecule is CC(C)(COc1ccc(NN)nn1)NCC(O)COc1cccc(C(F)(F)F)c1.Cl. The fourth-order valence-electron chi connectivity index (χ4n) is 2.19. The number of nitrogens with one attached hydrogen (secondary N) is 2. The summed E-state index contributed by atoms with van der Waals surface area (Å²) in [7, 11) is 0. The zero-order valence-electron chi connectivity index (χ0n) is 16.4. The van der Waals surface area contributed by atoms with Crippen molar-refractivity contribution >= 4 is 18.2 Å². The highest BCUT2D eigenvalue weighted by atomic mass is 35.5. The van der Waals surface area contributed by atoms with Gasteiger partial charge in [0.05, 0.1) is 5.56 Å². The van der Waals surface area contributed by atoms with Crippen molar-refractivity contribution < 1.29 is 27.8 Å². The summed E-state index contributed by atoms with van der Waals surface area (Å²) in [5.41, 5.74) is 1.03. The quantitative estimate of drug-likeness (QED) is 0.321. The van der Waals surface area contributed by atoms with Gasteiger partial charge in [0, 0.05) is 18.2 Å². The van der Waals surface area contributed by atoms with Gasteiger partial charge in [-0.15, -0.1) is 22.6 Å². The van der Waals surface area contributed by atoms with E-state index in [4.69, 9.17) is 15.3 Å². The number of benzene rings is 1. The summed E-state index contributed by atoms with van der Waals surface area (Å²) in [5.74, 6) is 5.96. The summed E-state index contributed by atoms with van der Waals surface area (Å²) in [6.07, 6.45) is -5.38. The van der Waals surface area contributed by atoms with E-state index >= 15 is 0 Å². The second kappa shape index (κ2) is 11.2. The van der Waals surface area contributed by atoms with Crippen LogP contribution in [0.5, 0.6) is 11.6 Å². The number of rotatable bonds is 10. The van der Waals surface area contributed by atoms with Crippen LogP contribution in [-0.2, 0) is 6.18 Å². The maximum Gasteiger partial charge on any atom is 0.416 e. The Morgan fingerprint density at radius 2 is 1.87 bits per heavy atom. The first-order valence-electron chi connectivity index (χ1n) is 8.75. The number of aliphatic hydroxyl groups is 1. The molecule has 2 rings (SSSR count). The first-order valence-corrected chi connectivity index (χ1v) is 8.75. The van der Waals surface area contributed by atoms with Crippen molar-refractivity contribution in [3.05, 3.63) is 42.0 Å². The van der Waals surface area contributed by atoms with Gasteiger partial charge in [-0.3, -0.25) is 0 Å². The Hall–Kier alpha value is -2.34. The first kappa shape index (κ1) is 25.7.